The molecule has 0 aliphatic carbocycles. The van der Waals surface area contributed by atoms with E-state index in [9.17, 15) is 14.9 Å². The lowest BCUT2D eigenvalue weighted by atomic mass is 10.1. The van der Waals surface area contributed by atoms with E-state index in [0.717, 1.165) is 43.6 Å². The summed E-state index contributed by atoms with van der Waals surface area (Å²) in [6.07, 6.45) is 4.63. The van der Waals surface area contributed by atoms with Gasteiger partial charge in [-0.2, -0.15) is 9.97 Å². The molecular weight excluding hydrogens is 424 g/mol. The zero-order valence-electron chi connectivity index (χ0n) is 19.3. The molecule has 0 radical (unpaired) electrons. The second kappa shape index (κ2) is 11.6. The molecule has 1 atom stereocenters. The maximum Gasteiger partial charge on any atom is 0.353 e. The van der Waals surface area contributed by atoms with Crippen molar-refractivity contribution in [1.29, 1.82) is 0 Å². The van der Waals surface area contributed by atoms with E-state index in [4.69, 9.17) is 10.5 Å². The van der Waals surface area contributed by atoms with Crippen LogP contribution in [0.3, 0.4) is 0 Å². The monoisotopic (exact) mass is 456 g/mol. The maximum atomic E-state index is 11.8. The van der Waals surface area contributed by atoms with Crippen molar-refractivity contribution in [3.63, 3.8) is 0 Å². The number of rotatable bonds is 12. The Balaban J connectivity index is 1.90. The Morgan fingerprint density at radius 2 is 2.03 bits per heavy atom. The maximum absolute atomic E-state index is 11.8. The Kier molecular flexibility index (Phi) is 8.53. The first kappa shape index (κ1) is 24.4. The van der Waals surface area contributed by atoms with Gasteiger partial charge in [-0.05, 0) is 50.4 Å². The van der Waals surface area contributed by atoms with Gasteiger partial charge in [-0.1, -0.05) is 37.6 Å². The van der Waals surface area contributed by atoms with Gasteiger partial charge in [0.15, 0.2) is 0 Å². The first-order chi connectivity index (χ1) is 15.9. The number of anilines is 2. The van der Waals surface area contributed by atoms with Crippen molar-refractivity contribution in [3.8, 4) is 6.01 Å². The smallest absolute Gasteiger partial charge is 0.353 e. The highest BCUT2D eigenvalue weighted by Gasteiger charge is 2.28. The van der Waals surface area contributed by atoms with Crippen LogP contribution >= 0.6 is 0 Å². The largest absolute Gasteiger partial charge is 0.460 e. The van der Waals surface area contributed by atoms with E-state index in [-0.39, 0.29) is 36.8 Å². The molecule has 1 aliphatic rings. The number of benzene rings is 1. The van der Waals surface area contributed by atoms with Crippen LogP contribution in [0.1, 0.15) is 50.7 Å². The van der Waals surface area contributed by atoms with Crippen molar-refractivity contribution in [2.75, 3.05) is 30.3 Å². The standard InChI is InChI=1S/C23H32N6O4/c1-3-7-17(2)33-23-25-21(24)20(29(31)32)22(26-23)28(12-13-30)16-19-9-6-8-18(14-19)15-27-10-4-5-11-27/h6,8-9,13-14,17H,3-5,7,10-12,15-16H2,1-2H3,(H2,24,25,26)/t17-/m0/s1. The molecule has 1 aromatic carbocycles. The van der Waals surface area contributed by atoms with Crippen molar-refractivity contribution in [1.82, 2.24) is 14.9 Å². The fourth-order valence-electron chi connectivity index (χ4n) is 4.09. The lowest BCUT2D eigenvalue weighted by Crippen LogP contribution is -2.28. The molecule has 0 unspecified atom stereocenters. The van der Waals surface area contributed by atoms with Crippen molar-refractivity contribution < 1.29 is 14.5 Å². The van der Waals surface area contributed by atoms with Crippen LogP contribution in [0.15, 0.2) is 24.3 Å². The van der Waals surface area contributed by atoms with E-state index in [2.05, 4.69) is 27.0 Å². The van der Waals surface area contributed by atoms with Crippen LogP contribution in [0.2, 0.25) is 0 Å². The SMILES string of the molecule is CCC[C@H](C)Oc1nc(N)c([N+](=O)[O-])c(N(CC=O)Cc2cccc(CN3CCCC3)c2)n1. The number of nitro groups is 1. The van der Waals surface area contributed by atoms with Crippen LogP contribution in [-0.4, -0.2) is 51.8 Å². The highest BCUT2D eigenvalue weighted by atomic mass is 16.6. The number of carbonyl (C=O) groups is 1. The van der Waals surface area contributed by atoms with E-state index < -0.39 is 10.6 Å². The Hall–Kier alpha value is -3.27. The number of nitrogens with two attached hydrogens (primary N) is 1. The van der Waals surface area contributed by atoms with Crippen LogP contribution in [0.5, 0.6) is 6.01 Å². The first-order valence-electron chi connectivity index (χ1n) is 11.4. The summed E-state index contributed by atoms with van der Waals surface area (Å²) in [5, 5.41) is 11.8. The summed E-state index contributed by atoms with van der Waals surface area (Å²) in [4.78, 5) is 34.8. The average molecular weight is 457 g/mol. The molecule has 178 valence electrons. The number of nitrogen functional groups attached to an aromatic ring is 1. The van der Waals surface area contributed by atoms with Gasteiger partial charge in [0.1, 0.15) is 6.29 Å². The van der Waals surface area contributed by atoms with E-state index in [1.54, 1.807) is 0 Å². The number of ether oxygens (including phenoxy) is 1. The Labute approximate surface area is 193 Å². The van der Waals surface area contributed by atoms with Crippen LogP contribution in [0, 0.1) is 10.1 Å². The lowest BCUT2D eigenvalue weighted by molar-refractivity contribution is -0.383. The van der Waals surface area contributed by atoms with Crippen molar-refractivity contribution in [3.05, 3.63) is 45.5 Å². The predicted molar refractivity (Wildman–Crippen MR) is 126 cm³/mol. The molecule has 2 aromatic rings. The molecule has 1 fully saturated rings. The molecule has 3 rings (SSSR count). The highest BCUT2D eigenvalue weighted by Crippen LogP contribution is 2.33. The van der Waals surface area contributed by atoms with E-state index in [1.807, 2.05) is 26.0 Å². The average Bonchev–Trinajstić information content (AvgIpc) is 3.26. The van der Waals surface area contributed by atoms with Crippen molar-refractivity contribution in [2.45, 2.75) is 58.7 Å². The fraction of sp³-hybridized carbons (Fsp3) is 0.522. The predicted octanol–water partition coefficient (Wildman–Crippen LogP) is 3.34. The highest BCUT2D eigenvalue weighted by molar-refractivity contribution is 5.72. The van der Waals surface area contributed by atoms with Crippen LogP contribution in [0.4, 0.5) is 17.3 Å². The fourth-order valence-corrected chi connectivity index (χ4v) is 4.09. The molecular formula is C23H32N6O4. The minimum Gasteiger partial charge on any atom is -0.460 e. The van der Waals surface area contributed by atoms with E-state index in [0.29, 0.717) is 6.29 Å². The van der Waals surface area contributed by atoms with Gasteiger partial charge < -0.3 is 20.2 Å². The van der Waals surface area contributed by atoms with Gasteiger partial charge in [-0.15, -0.1) is 0 Å². The van der Waals surface area contributed by atoms with Gasteiger partial charge in [0.05, 0.1) is 17.6 Å². The van der Waals surface area contributed by atoms with Crippen molar-refractivity contribution in [2.24, 2.45) is 0 Å². The third-order valence-corrected chi connectivity index (χ3v) is 5.62. The summed E-state index contributed by atoms with van der Waals surface area (Å²) < 4.78 is 5.74. The molecule has 0 saturated carbocycles. The summed E-state index contributed by atoms with van der Waals surface area (Å²) in [7, 11) is 0. The van der Waals surface area contributed by atoms with Gasteiger partial charge >= 0.3 is 11.7 Å². The van der Waals surface area contributed by atoms with Gasteiger partial charge in [-0.25, -0.2) is 0 Å². The topological polar surface area (TPSA) is 128 Å². The number of hydrogen-bond acceptors (Lipinski definition) is 9. The van der Waals surface area contributed by atoms with Crippen LogP contribution < -0.4 is 15.4 Å². The van der Waals surface area contributed by atoms with Crippen molar-refractivity contribution >= 4 is 23.6 Å². The summed E-state index contributed by atoms with van der Waals surface area (Å²) in [5.41, 5.74) is 7.57. The third-order valence-electron chi connectivity index (χ3n) is 5.62. The quantitative estimate of drug-likeness (QED) is 0.290. The number of likely N-dealkylation sites (tertiary alicyclic amines) is 1. The summed E-state index contributed by atoms with van der Waals surface area (Å²) in [6.45, 7) is 7.11. The molecule has 33 heavy (non-hydrogen) atoms. The number of hydrogen-bond donors (Lipinski definition) is 1. The molecule has 1 aliphatic heterocycles. The second-order valence-corrected chi connectivity index (χ2v) is 8.39. The Morgan fingerprint density at radius 1 is 1.30 bits per heavy atom. The minimum atomic E-state index is -0.620. The number of aldehydes is 1. The van der Waals surface area contributed by atoms with E-state index in [1.165, 1.54) is 17.7 Å². The summed E-state index contributed by atoms with van der Waals surface area (Å²) >= 11 is 0. The van der Waals surface area contributed by atoms with E-state index >= 15 is 0 Å². The summed E-state index contributed by atoms with van der Waals surface area (Å²) in [5.74, 6) is -0.314. The zero-order valence-corrected chi connectivity index (χ0v) is 19.3. The Morgan fingerprint density at radius 3 is 2.70 bits per heavy atom. The zero-order chi connectivity index (χ0) is 23.8. The molecule has 10 nitrogen and oxygen atoms in total. The van der Waals surface area contributed by atoms with Gasteiger partial charge in [0, 0.05) is 13.1 Å². The molecule has 2 heterocycles. The van der Waals surface area contributed by atoms with Crippen LogP contribution in [-0.2, 0) is 17.9 Å². The van der Waals surface area contributed by atoms with Crippen LogP contribution in [0.25, 0.3) is 0 Å². The molecule has 1 aromatic heterocycles. The molecule has 0 bridgehead atoms. The summed E-state index contributed by atoms with van der Waals surface area (Å²) in [6, 6.07) is 7.99. The number of nitrogens with zero attached hydrogens (tertiary/aromatic N) is 5. The molecule has 0 amide bonds. The molecule has 2 N–H and O–H groups in total. The Bertz CT molecular complexity index is 964. The lowest BCUT2D eigenvalue weighted by Gasteiger charge is -2.23. The molecule has 0 spiro atoms. The second-order valence-electron chi connectivity index (χ2n) is 8.39. The normalized spacial score (nSPS) is 14.7. The molecule has 1 saturated heterocycles. The van der Waals surface area contributed by atoms with Gasteiger partial charge in [-0.3, -0.25) is 15.0 Å². The third kappa shape index (κ3) is 6.61. The minimum absolute atomic E-state index is 0.0248. The van der Waals surface area contributed by atoms with Gasteiger partial charge in [0.25, 0.3) is 0 Å². The van der Waals surface area contributed by atoms with Gasteiger partial charge in [0.2, 0.25) is 11.6 Å². The number of carbonyl (C=O) groups excluding carboxylic acids is 1. The molecule has 10 heteroatoms. The number of aromatic nitrogens is 2. The first-order valence-corrected chi connectivity index (χ1v) is 11.4.